The molecule has 0 radical (unpaired) electrons. The third-order valence-electron chi connectivity index (χ3n) is 2.31. The monoisotopic (exact) mass is 315 g/mol. The van der Waals surface area contributed by atoms with E-state index in [1.165, 1.54) is 23.5 Å². The maximum atomic E-state index is 3.51. The lowest BCUT2D eigenvalue weighted by atomic mass is 10.1. The highest BCUT2D eigenvalue weighted by Gasteiger charge is 2.06. The second-order valence-corrected chi connectivity index (χ2v) is 7.27. The maximum absolute atomic E-state index is 3.51. The molecule has 1 aromatic carbocycles. The molecule has 0 unspecified atom stereocenters. The summed E-state index contributed by atoms with van der Waals surface area (Å²) in [7, 11) is 0. The first-order valence-corrected chi connectivity index (χ1v) is 7.89. The zero-order valence-corrected chi connectivity index (χ0v) is 13.3. The molecule has 3 heteroatoms. The van der Waals surface area contributed by atoms with Crippen LogP contribution in [0.1, 0.15) is 33.6 Å². The summed E-state index contributed by atoms with van der Waals surface area (Å²) in [6.45, 7) is 7.75. The summed E-state index contributed by atoms with van der Waals surface area (Å²) in [4.78, 5) is 1.36. The molecule has 1 N–H and O–H groups in total. The smallest absolute Gasteiger partial charge is 0.0176 e. The standard InChI is InChI=1S/C14H22BrNS/c1-14(2,3)16-10-4-5-11-17-13-8-6-12(15)7-9-13/h6-9,16H,4-5,10-11H2,1-3H3. The molecule has 0 aromatic heterocycles. The first kappa shape index (κ1) is 15.1. The number of hydrogen-bond acceptors (Lipinski definition) is 2. The molecule has 1 nitrogen and oxygen atoms in total. The van der Waals surface area contributed by atoms with Gasteiger partial charge in [-0.05, 0) is 70.2 Å². The second kappa shape index (κ2) is 7.45. The zero-order chi connectivity index (χ0) is 12.7. The van der Waals surface area contributed by atoms with Crippen LogP contribution in [-0.2, 0) is 0 Å². The van der Waals surface area contributed by atoms with Crippen LogP contribution in [0.15, 0.2) is 33.6 Å². The predicted molar refractivity (Wildman–Crippen MR) is 81.9 cm³/mol. The molecular weight excluding hydrogens is 294 g/mol. The van der Waals surface area contributed by atoms with Crippen molar-refractivity contribution >= 4 is 27.7 Å². The lowest BCUT2D eigenvalue weighted by molar-refractivity contribution is 0.421. The van der Waals surface area contributed by atoms with Gasteiger partial charge in [-0.2, -0.15) is 0 Å². The Labute approximate surface area is 118 Å². The highest BCUT2D eigenvalue weighted by molar-refractivity contribution is 9.10. The van der Waals surface area contributed by atoms with Crippen LogP contribution >= 0.6 is 27.7 Å². The third kappa shape index (κ3) is 7.85. The fraction of sp³-hybridized carbons (Fsp3) is 0.571. The summed E-state index contributed by atoms with van der Waals surface area (Å²) in [6.07, 6.45) is 2.52. The van der Waals surface area contributed by atoms with Crippen LogP contribution in [0.5, 0.6) is 0 Å². The van der Waals surface area contributed by atoms with Crippen LogP contribution in [0.25, 0.3) is 0 Å². The average Bonchev–Trinajstić information content (AvgIpc) is 2.24. The van der Waals surface area contributed by atoms with Gasteiger partial charge in [-0.3, -0.25) is 0 Å². The molecule has 1 rings (SSSR count). The molecule has 0 aliphatic carbocycles. The van der Waals surface area contributed by atoms with Crippen molar-refractivity contribution in [2.75, 3.05) is 12.3 Å². The van der Waals surface area contributed by atoms with Crippen LogP contribution in [0.4, 0.5) is 0 Å². The van der Waals surface area contributed by atoms with Crippen LogP contribution < -0.4 is 5.32 Å². The summed E-state index contributed by atoms with van der Waals surface area (Å²) in [5.74, 6) is 1.20. The van der Waals surface area contributed by atoms with Crippen LogP contribution in [0, 0.1) is 0 Å². The Bertz CT molecular complexity index is 316. The quantitative estimate of drug-likeness (QED) is 0.602. The lowest BCUT2D eigenvalue weighted by Gasteiger charge is -2.20. The molecular formula is C14H22BrNS. The fourth-order valence-electron chi connectivity index (χ4n) is 1.41. The van der Waals surface area contributed by atoms with E-state index < -0.39 is 0 Å². The van der Waals surface area contributed by atoms with E-state index in [9.17, 15) is 0 Å². The lowest BCUT2D eigenvalue weighted by Crippen LogP contribution is -2.36. The first-order valence-electron chi connectivity index (χ1n) is 6.11. The minimum atomic E-state index is 0.249. The van der Waals surface area contributed by atoms with E-state index in [-0.39, 0.29) is 5.54 Å². The van der Waals surface area contributed by atoms with Gasteiger partial charge in [-0.25, -0.2) is 0 Å². The molecule has 0 saturated heterocycles. The number of nitrogens with one attached hydrogen (secondary N) is 1. The molecule has 0 bridgehead atoms. The van der Waals surface area contributed by atoms with E-state index >= 15 is 0 Å². The number of rotatable bonds is 6. The summed E-state index contributed by atoms with van der Waals surface area (Å²) in [6, 6.07) is 8.54. The van der Waals surface area contributed by atoms with Gasteiger partial charge in [0.05, 0.1) is 0 Å². The summed E-state index contributed by atoms with van der Waals surface area (Å²) in [5.41, 5.74) is 0.249. The normalized spacial score (nSPS) is 11.8. The van der Waals surface area contributed by atoms with Crippen molar-refractivity contribution in [1.82, 2.24) is 5.32 Å². The SMILES string of the molecule is CC(C)(C)NCCCCSc1ccc(Br)cc1. The van der Waals surface area contributed by atoms with Crippen molar-refractivity contribution in [3.63, 3.8) is 0 Å². The molecule has 0 heterocycles. The predicted octanol–water partition coefficient (Wildman–Crippen LogP) is 4.71. The topological polar surface area (TPSA) is 12.0 Å². The van der Waals surface area contributed by atoms with Gasteiger partial charge >= 0.3 is 0 Å². The van der Waals surface area contributed by atoms with Crippen molar-refractivity contribution in [2.24, 2.45) is 0 Å². The van der Waals surface area contributed by atoms with Gasteiger partial charge in [0.1, 0.15) is 0 Å². The highest BCUT2D eigenvalue weighted by Crippen LogP contribution is 2.21. The number of unbranched alkanes of at least 4 members (excludes halogenated alkanes) is 1. The molecule has 0 fully saturated rings. The Morgan fingerprint density at radius 3 is 2.35 bits per heavy atom. The average molecular weight is 316 g/mol. The van der Waals surface area contributed by atoms with Crippen molar-refractivity contribution in [2.45, 2.75) is 44.0 Å². The van der Waals surface area contributed by atoms with Gasteiger partial charge in [0.2, 0.25) is 0 Å². The molecule has 0 atom stereocenters. The Kier molecular flexibility index (Phi) is 6.60. The van der Waals surface area contributed by atoms with Gasteiger partial charge in [0.15, 0.2) is 0 Å². The molecule has 96 valence electrons. The van der Waals surface area contributed by atoms with E-state index in [2.05, 4.69) is 66.3 Å². The first-order chi connectivity index (χ1) is 7.97. The molecule has 0 spiro atoms. The Morgan fingerprint density at radius 2 is 1.76 bits per heavy atom. The summed E-state index contributed by atoms with van der Waals surface area (Å²) >= 11 is 5.39. The molecule has 0 aliphatic rings. The Balaban J connectivity index is 2.07. The van der Waals surface area contributed by atoms with E-state index in [1.54, 1.807) is 0 Å². The van der Waals surface area contributed by atoms with Gasteiger partial charge in [-0.15, -0.1) is 11.8 Å². The van der Waals surface area contributed by atoms with Gasteiger partial charge < -0.3 is 5.32 Å². The van der Waals surface area contributed by atoms with Crippen molar-refractivity contribution in [3.8, 4) is 0 Å². The number of benzene rings is 1. The van der Waals surface area contributed by atoms with Gasteiger partial charge in [0, 0.05) is 14.9 Å². The summed E-state index contributed by atoms with van der Waals surface area (Å²) < 4.78 is 1.15. The van der Waals surface area contributed by atoms with E-state index in [1.807, 2.05) is 11.8 Å². The summed E-state index contributed by atoms with van der Waals surface area (Å²) in [5, 5.41) is 3.51. The largest absolute Gasteiger partial charge is 0.312 e. The maximum Gasteiger partial charge on any atom is 0.0176 e. The Morgan fingerprint density at radius 1 is 1.12 bits per heavy atom. The van der Waals surface area contributed by atoms with Gasteiger partial charge in [0.25, 0.3) is 0 Å². The van der Waals surface area contributed by atoms with E-state index in [4.69, 9.17) is 0 Å². The Hall–Kier alpha value is 0.01000. The van der Waals surface area contributed by atoms with Crippen LogP contribution in [-0.4, -0.2) is 17.8 Å². The van der Waals surface area contributed by atoms with E-state index in [0.29, 0.717) is 0 Å². The van der Waals surface area contributed by atoms with E-state index in [0.717, 1.165) is 11.0 Å². The van der Waals surface area contributed by atoms with Gasteiger partial charge in [-0.1, -0.05) is 15.9 Å². The minimum absolute atomic E-state index is 0.249. The number of hydrogen-bond donors (Lipinski definition) is 1. The molecule has 0 amide bonds. The number of halogens is 1. The molecule has 1 aromatic rings. The fourth-order valence-corrected chi connectivity index (χ4v) is 2.59. The van der Waals surface area contributed by atoms with Crippen LogP contribution in [0.2, 0.25) is 0 Å². The third-order valence-corrected chi connectivity index (χ3v) is 3.94. The van der Waals surface area contributed by atoms with Crippen molar-refractivity contribution < 1.29 is 0 Å². The number of thioether (sulfide) groups is 1. The van der Waals surface area contributed by atoms with Crippen molar-refractivity contribution in [3.05, 3.63) is 28.7 Å². The molecule has 0 saturated carbocycles. The zero-order valence-electron chi connectivity index (χ0n) is 10.9. The van der Waals surface area contributed by atoms with Crippen LogP contribution in [0.3, 0.4) is 0 Å². The minimum Gasteiger partial charge on any atom is -0.312 e. The second-order valence-electron chi connectivity index (χ2n) is 5.19. The molecule has 17 heavy (non-hydrogen) atoms. The molecule has 0 aliphatic heterocycles. The van der Waals surface area contributed by atoms with Crippen molar-refractivity contribution in [1.29, 1.82) is 0 Å². The highest BCUT2D eigenvalue weighted by atomic mass is 79.9.